The number of ether oxygens (including phenoxy) is 1. The van der Waals surface area contributed by atoms with Crippen LogP contribution in [0, 0.1) is 5.82 Å². The fraction of sp³-hybridized carbons (Fsp3) is 0.419. The van der Waals surface area contributed by atoms with Crippen molar-refractivity contribution >= 4 is 25.3 Å². The van der Waals surface area contributed by atoms with Gasteiger partial charge in [0.2, 0.25) is 0 Å². The van der Waals surface area contributed by atoms with Gasteiger partial charge in [0.25, 0.3) is 11.7 Å². The van der Waals surface area contributed by atoms with E-state index in [2.05, 4.69) is 54.1 Å². The van der Waals surface area contributed by atoms with Crippen LogP contribution in [0.5, 0.6) is 5.75 Å². The Hall–Kier alpha value is -3.77. The van der Waals surface area contributed by atoms with Gasteiger partial charge in [0.05, 0.1) is 16.7 Å². The summed E-state index contributed by atoms with van der Waals surface area (Å²) in [6.07, 6.45) is 3.61. The van der Waals surface area contributed by atoms with Crippen molar-refractivity contribution in [3.8, 4) is 16.9 Å². The van der Waals surface area contributed by atoms with Crippen LogP contribution >= 0.6 is 0 Å². The molecule has 0 aliphatic carbocycles. The van der Waals surface area contributed by atoms with E-state index in [1.807, 2.05) is 18.4 Å². The average molecular weight is 611 g/mol. The second-order valence-corrected chi connectivity index (χ2v) is 18.0. The van der Waals surface area contributed by atoms with Crippen molar-refractivity contribution in [1.82, 2.24) is 20.3 Å². The lowest BCUT2D eigenvalue weighted by Crippen LogP contribution is -2.46. The molecule has 2 bridgehead atoms. The van der Waals surface area contributed by atoms with Crippen LogP contribution in [-0.4, -0.2) is 35.8 Å². The molecule has 0 spiro atoms. The molecule has 227 valence electrons. The Morgan fingerprint density at radius 2 is 1.77 bits per heavy atom. The highest BCUT2D eigenvalue weighted by molar-refractivity contribution is 6.74. The van der Waals surface area contributed by atoms with E-state index in [1.54, 1.807) is 24.5 Å². The van der Waals surface area contributed by atoms with Gasteiger partial charge in [-0.2, -0.15) is 8.78 Å². The van der Waals surface area contributed by atoms with Crippen molar-refractivity contribution in [1.29, 1.82) is 0 Å². The van der Waals surface area contributed by atoms with Gasteiger partial charge in [0.1, 0.15) is 23.7 Å². The quantitative estimate of drug-likeness (QED) is 0.188. The third kappa shape index (κ3) is 4.90. The van der Waals surface area contributed by atoms with E-state index in [-0.39, 0.29) is 27.8 Å². The smallest absolute Gasteiger partial charge is 0.387 e. The van der Waals surface area contributed by atoms with E-state index >= 15 is 4.39 Å². The molecule has 0 saturated carbocycles. The summed E-state index contributed by atoms with van der Waals surface area (Å²) in [5.41, 5.74) is 1.83. The molecule has 2 aromatic carbocycles. The van der Waals surface area contributed by atoms with E-state index in [0.717, 1.165) is 0 Å². The summed E-state index contributed by atoms with van der Waals surface area (Å²) >= 11 is 0. The number of aromatic amines is 1. The minimum atomic E-state index is -3.05. The summed E-state index contributed by atoms with van der Waals surface area (Å²) in [6, 6.07) is 6.73. The molecule has 2 aliphatic heterocycles. The topological polar surface area (TPSA) is 93.0 Å². The molecule has 4 aromatic rings. The third-order valence-electron chi connectivity index (χ3n) is 8.95. The van der Waals surface area contributed by atoms with Gasteiger partial charge in [-0.15, -0.1) is 18.1 Å². The molecule has 0 radical (unpaired) electrons. The highest BCUT2D eigenvalue weighted by atomic mass is 28.4. The first kappa shape index (κ1) is 29.3. The van der Waals surface area contributed by atoms with E-state index in [4.69, 9.17) is 9.16 Å². The lowest BCUT2D eigenvalue weighted by molar-refractivity contribution is -0.682. The Morgan fingerprint density at radius 3 is 2.42 bits per heavy atom. The third-order valence-corrected chi connectivity index (χ3v) is 13.6. The van der Waals surface area contributed by atoms with Crippen LogP contribution in [-0.2, 0) is 10.0 Å². The maximum atomic E-state index is 15.6. The Balaban J connectivity index is 1.41. The van der Waals surface area contributed by atoms with Gasteiger partial charge in [-0.1, -0.05) is 26.8 Å². The number of alkyl halides is 2. The molecule has 6 rings (SSSR count). The number of rotatable bonds is 6. The predicted octanol–water partition coefficient (Wildman–Crippen LogP) is 6.69. The minimum absolute atomic E-state index is 0.00421. The zero-order chi connectivity index (χ0) is 31.1. The Bertz CT molecular complexity index is 1750. The maximum absolute atomic E-state index is 15.6. The monoisotopic (exact) mass is 610 g/mol. The van der Waals surface area contributed by atoms with Gasteiger partial charge < -0.3 is 14.5 Å². The van der Waals surface area contributed by atoms with Gasteiger partial charge in [-0.05, 0) is 34.3 Å². The van der Waals surface area contributed by atoms with Crippen molar-refractivity contribution in [3.05, 3.63) is 71.3 Å². The van der Waals surface area contributed by atoms with Crippen LogP contribution in [0.4, 0.5) is 13.2 Å². The number of halogens is 3. The van der Waals surface area contributed by atoms with Crippen LogP contribution in [0.1, 0.15) is 80.7 Å². The number of benzene rings is 2. The second-order valence-electron chi connectivity index (χ2n) is 13.3. The number of nitrogens with zero attached hydrogens (tertiary/aromatic N) is 3. The number of aromatic nitrogens is 4. The summed E-state index contributed by atoms with van der Waals surface area (Å²) in [7, 11) is -2.12. The maximum Gasteiger partial charge on any atom is 0.387 e. The number of hydrogen-bond acceptors (Lipinski definition) is 5. The fourth-order valence-electron chi connectivity index (χ4n) is 5.95. The van der Waals surface area contributed by atoms with E-state index < -0.39 is 38.4 Å². The van der Waals surface area contributed by atoms with Crippen molar-refractivity contribution in [3.63, 3.8) is 0 Å². The van der Waals surface area contributed by atoms with Gasteiger partial charge >= 0.3 is 6.61 Å². The van der Waals surface area contributed by atoms with E-state index in [0.29, 0.717) is 40.2 Å². The first-order chi connectivity index (χ1) is 20.1. The zero-order valence-corrected chi connectivity index (χ0v) is 26.2. The highest BCUT2D eigenvalue weighted by Crippen LogP contribution is 2.44. The largest absolute Gasteiger partial charge is 0.555 e. The summed E-state index contributed by atoms with van der Waals surface area (Å²) < 4.78 is 55.6. The highest BCUT2D eigenvalue weighted by Gasteiger charge is 2.47. The summed E-state index contributed by atoms with van der Waals surface area (Å²) in [4.78, 5) is 25.4. The molecule has 0 unspecified atom stereocenters. The number of amides is 1. The van der Waals surface area contributed by atoms with Crippen LogP contribution in [0.15, 0.2) is 42.7 Å². The van der Waals surface area contributed by atoms with Crippen LogP contribution in [0.3, 0.4) is 0 Å². The molecular formula is C31H35F3N5O3Si. The molecule has 2 N–H and O–H groups in total. The number of nitrogens with one attached hydrogen (secondary N) is 2. The standard InChI is InChI=1S/C31H34F3N5O3Si/c1-30(2,3)43(6,7)42-31(4,5)28-35-14-16(15-36-28)18-11-22-20(12-19(18)32)37-26-21-13-23(39(22)26)25-17(27(40)38-21)9-8-10-24(25)41-29(33)34/h8-12,14-15,21,23,29H,13H2,1-7H3,(H,38,40)/q-1/p+1/t21-,23-/m1/s1. The molecule has 2 aliphatic rings. The molecule has 0 saturated heterocycles. The Morgan fingerprint density at radius 1 is 1.07 bits per heavy atom. The van der Waals surface area contributed by atoms with Crippen LogP contribution in [0.25, 0.3) is 22.2 Å². The molecule has 2 aromatic heterocycles. The van der Waals surface area contributed by atoms with Crippen LogP contribution < -0.4 is 14.6 Å². The number of carbonyl (C=O) groups excluding carboxylic acids is 1. The van der Waals surface area contributed by atoms with Crippen molar-refractivity contribution in [2.45, 2.75) is 83.5 Å². The molecule has 12 heteroatoms. The number of fused-ring (bicyclic) bond motifs is 9. The van der Waals surface area contributed by atoms with Gasteiger partial charge in [-0.3, -0.25) is 4.79 Å². The normalized spacial score (nSPS) is 18.4. The molecule has 43 heavy (non-hydrogen) atoms. The Kier molecular flexibility index (Phi) is 6.73. The van der Waals surface area contributed by atoms with E-state index in [1.165, 1.54) is 18.2 Å². The summed E-state index contributed by atoms with van der Waals surface area (Å²) in [5.74, 6) is 0.241. The summed E-state index contributed by atoms with van der Waals surface area (Å²) in [5, 5.41) is 2.98. The van der Waals surface area contributed by atoms with E-state index in [9.17, 15) is 13.6 Å². The zero-order valence-electron chi connectivity index (χ0n) is 25.2. The molecule has 8 nitrogen and oxygen atoms in total. The molecule has 1 amide bonds. The number of hydrogen-bond donors (Lipinski definition) is 2. The van der Waals surface area contributed by atoms with Crippen molar-refractivity contribution in [2.24, 2.45) is 0 Å². The molecule has 4 heterocycles. The van der Waals surface area contributed by atoms with Crippen molar-refractivity contribution in [2.75, 3.05) is 0 Å². The number of imidazole rings is 1. The molecule has 2 atom stereocenters. The van der Waals surface area contributed by atoms with Crippen LogP contribution in [0.2, 0.25) is 18.1 Å². The molecular weight excluding hydrogens is 575 g/mol. The first-order valence-corrected chi connectivity index (χ1v) is 17.2. The lowest BCUT2D eigenvalue weighted by Gasteiger charge is -2.53. The minimum Gasteiger partial charge on any atom is -0.555 e. The van der Waals surface area contributed by atoms with Crippen molar-refractivity contribution < 1.29 is 31.7 Å². The SMILES string of the molecule is CC(C)(O[Si-](C)(C)C(C)(C)C)c1ncc(-c2cc3c(cc2F)[nH]c2[n+]3[C@@H]3C[C@H]2NC(=O)c2cccc(OC(F)F)c23)cn1. The fourth-order valence-corrected chi connectivity index (χ4v) is 7.62. The first-order valence-electron chi connectivity index (χ1n) is 14.3. The number of H-pyrrole nitrogens is 1. The van der Waals surface area contributed by atoms with Gasteiger partial charge in [-0.25, -0.2) is 23.9 Å². The molecule has 0 fully saturated rings. The number of carbonyl (C=O) groups is 1. The van der Waals surface area contributed by atoms with Gasteiger partial charge in [0, 0.05) is 42.1 Å². The summed E-state index contributed by atoms with van der Waals surface area (Å²) in [6.45, 7) is 11.7. The average Bonchev–Trinajstić information content (AvgIpc) is 3.38. The predicted molar refractivity (Wildman–Crippen MR) is 157 cm³/mol. The second kappa shape index (κ2) is 9.88. The Labute approximate surface area is 248 Å². The lowest BCUT2D eigenvalue weighted by atomic mass is 9.97. The van der Waals surface area contributed by atoms with Gasteiger partial charge in [0.15, 0.2) is 16.9 Å².